The summed E-state index contributed by atoms with van der Waals surface area (Å²) >= 11 is 0. The van der Waals surface area contributed by atoms with Gasteiger partial charge in [0.25, 0.3) is 0 Å². The average molecular weight is 406 g/mol. The second-order valence-corrected chi connectivity index (χ2v) is 7.67. The Morgan fingerprint density at radius 2 is 2.07 bits per heavy atom. The topological polar surface area (TPSA) is 133 Å². The van der Waals surface area contributed by atoms with Crippen molar-refractivity contribution in [1.82, 2.24) is 14.5 Å². The van der Waals surface area contributed by atoms with Crippen molar-refractivity contribution >= 4 is 23.1 Å². The number of rotatable bonds is 11. The van der Waals surface area contributed by atoms with E-state index in [1.807, 2.05) is 0 Å². The number of anilines is 1. The number of nitrogens with zero attached hydrogens (tertiary/aromatic N) is 3. The summed E-state index contributed by atoms with van der Waals surface area (Å²) in [6, 6.07) is 1.77. The highest BCUT2D eigenvalue weighted by molar-refractivity contribution is 5.86. The number of aliphatic hydroxyl groups is 2. The van der Waals surface area contributed by atoms with E-state index in [1.165, 1.54) is 6.33 Å². The Bertz CT molecular complexity index is 809. The lowest BCUT2D eigenvalue weighted by Crippen LogP contribution is -2.46. The monoisotopic (exact) mass is 406 g/mol. The molecule has 0 radical (unpaired) electrons. The van der Waals surface area contributed by atoms with Crippen molar-refractivity contribution in [3.8, 4) is 0 Å². The first-order chi connectivity index (χ1) is 14.0. The maximum Gasteiger partial charge on any atom is 0.167 e. The highest BCUT2D eigenvalue weighted by atomic mass is 16.6. The Morgan fingerprint density at radius 1 is 1.31 bits per heavy atom. The van der Waals surface area contributed by atoms with Crippen LogP contribution in [0.3, 0.4) is 0 Å². The molecule has 160 valence electrons. The molecule has 9 heteroatoms. The molecule has 0 bridgehead atoms. The van der Waals surface area contributed by atoms with E-state index >= 15 is 0 Å². The van der Waals surface area contributed by atoms with Crippen molar-refractivity contribution in [3.05, 3.63) is 18.6 Å². The minimum atomic E-state index is -1.37. The summed E-state index contributed by atoms with van der Waals surface area (Å²) in [5.41, 5.74) is 5.08. The van der Waals surface area contributed by atoms with Crippen molar-refractivity contribution in [2.45, 2.75) is 69.5 Å². The second kappa shape index (κ2) is 9.62. The number of hydrogen-bond acceptors (Lipinski definition) is 8. The normalized spacial score (nSPS) is 26.9. The molecule has 1 aliphatic rings. The fourth-order valence-corrected chi connectivity index (χ4v) is 3.90. The van der Waals surface area contributed by atoms with E-state index in [0.29, 0.717) is 29.9 Å². The molecule has 0 amide bonds. The Hall–Kier alpha value is -2.07. The predicted octanol–water partition coefficient (Wildman–Crippen LogP) is 1.58. The lowest BCUT2D eigenvalue weighted by Gasteiger charge is -2.30. The molecule has 4 N–H and O–H groups in total. The van der Waals surface area contributed by atoms with E-state index in [4.69, 9.17) is 15.2 Å². The van der Waals surface area contributed by atoms with Crippen LogP contribution < -0.4 is 5.73 Å². The van der Waals surface area contributed by atoms with Crippen LogP contribution in [0.25, 0.3) is 11.0 Å². The number of ether oxygens (including phenoxy) is 2. The highest BCUT2D eigenvalue weighted by Gasteiger charge is 2.54. The van der Waals surface area contributed by atoms with Crippen molar-refractivity contribution < 1.29 is 24.5 Å². The number of aromatic nitrogens is 3. The van der Waals surface area contributed by atoms with Gasteiger partial charge in [0.15, 0.2) is 6.23 Å². The smallest absolute Gasteiger partial charge is 0.167 e. The molecule has 1 fully saturated rings. The lowest BCUT2D eigenvalue weighted by atomic mass is 9.96. The van der Waals surface area contributed by atoms with Crippen LogP contribution in [0.5, 0.6) is 0 Å². The Balaban J connectivity index is 1.63. The van der Waals surface area contributed by atoms with E-state index in [9.17, 15) is 15.0 Å². The second-order valence-electron chi connectivity index (χ2n) is 7.67. The summed E-state index contributed by atoms with van der Waals surface area (Å²) in [7, 11) is 0. The molecule has 29 heavy (non-hydrogen) atoms. The average Bonchev–Trinajstić information content (AvgIpc) is 3.23. The molecule has 3 rings (SSSR count). The third-order valence-electron chi connectivity index (χ3n) is 5.45. The number of hydrogen-bond donors (Lipinski definition) is 3. The maximum atomic E-state index is 11.2. The van der Waals surface area contributed by atoms with E-state index in [2.05, 4.69) is 9.97 Å². The summed E-state index contributed by atoms with van der Waals surface area (Å²) in [6.07, 6.45) is 7.37. The zero-order valence-corrected chi connectivity index (χ0v) is 16.7. The fourth-order valence-electron chi connectivity index (χ4n) is 3.90. The number of unbranched alkanes of at least 4 members (excludes halogenated alkanes) is 5. The fraction of sp³-hybridized carbons (Fsp3) is 0.650. The van der Waals surface area contributed by atoms with E-state index in [0.717, 1.165) is 38.4 Å². The molecule has 9 nitrogen and oxygen atoms in total. The van der Waals surface area contributed by atoms with Crippen molar-refractivity contribution in [3.63, 3.8) is 0 Å². The summed E-state index contributed by atoms with van der Waals surface area (Å²) in [5, 5.41) is 21.7. The molecule has 2 aromatic heterocycles. The van der Waals surface area contributed by atoms with Gasteiger partial charge >= 0.3 is 0 Å². The number of aldehydes is 1. The number of carbonyl (C=O) groups is 1. The molecule has 0 aliphatic carbocycles. The lowest BCUT2D eigenvalue weighted by molar-refractivity contribution is -0.110. The van der Waals surface area contributed by atoms with Gasteiger partial charge in [-0.3, -0.25) is 0 Å². The highest BCUT2D eigenvalue weighted by Crippen LogP contribution is 2.41. The van der Waals surface area contributed by atoms with Gasteiger partial charge in [-0.25, -0.2) is 9.97 Å². The number of fused-ring (bicyclic) bond motifs is 1. The largest absolute Gasteiger partial charge is 0.394 e. The van der Waals surface area contributed by atoms with Crippen LogP contribution >= 0.6 is 0 Å². The van der Waals surface area contributed by atoms with Crippen molar-refractivity contribution in [2.24, 2.45) is 0 Å². The van der Waals surface area contributed by atoms with Crippen LogP contribution in [0.4, 0.5) is 5.82 Å². The standard InChI is InChI=1S/C20H30N4O5/c1-20(27)16(28-11-7-5-3-2-4-6-10-25)15(12-26)29-19(20)24-9-8-14-17(21)22-13-23-18(14)24/h8-10,13,15-16,19,26-27H,2-7,11-12H2,1H3,(H2,21,22,23)/t15-,16-,19-,20-/m1/s1. The SMILES string of the molecule is C[C@@]1(O)[C@H](OCCCCCCCC=O)[C@@H](CO)O[C@H]1n1ccc2c(N)ncnc21. The Kier molecular flexibility index (Phi) is 7.18. The van der Waals surface area contributed by atoms with Crippen molar-refractivity contribution in [1.29, 1.82) is 0 Å². The van der Waals surface area contributed by atoms with Gasteiger partial charge in [0, 0.05) is 19.2 Å². The van der Waals surface area contributed by atoms with Gasteiger partial charge in [-0.2, -0.15) is 0 Å². The minimum Gasteiger partial charge on any atom is -0.394 e. The molecule has 0 unspecified atom stereocenters. The summed E-state index contributed by atoms with van der Waals surface area (Å²) in [6.45, 7) is 1.84. The predicted molar refractivity (Wildman–Crippen MR) is 107 cm³/mol. The zero-order chi connectivity index (χ0) is 20.9. The zero-order valence-electron chi connectivity index (χ0n) is 16.7. The van der Waals surface area contributed by atoms with Gasteiger partial charge < -0.3 is 34.8 Å². The molecule has 1 aliphatic heterocycles. The van der Waals surface area contributed by atoms with Gasteiger partial charge in [-0.15, -0.1) is 0 Å². The van der Waals surface area contributed by atoms with Gasteiger partial charge in [0.2, 0.25) is 0 Å². The number of nitrogen functional groups attached to an aromatic ring is 1. The molecule has 3 heterocycles. The summed E-state index contributed by atoms with van der Waals surface area (Å²) in [4.78, 5) is 18.6. The maximum absolute atomic E-state index is 11.2. The molecular formula is C20H30N4O5. The van der Waals surface area contributed by atoms with E-state index in [-0.39, 0.29) is 6.61 Å². The number of aliphatic hydroxyl groups excluding tert-OH is 1. The quantitative estimate of drug-likeness (QED) is 0.378. The first-order valence-corrected chi connectivity index (χ1v) is 10.1. The van der Waals surface area contributed by atoms with E-state index < -0.39 is 24.0 Å². The van der Waals surface area contributed by atoms with Gasteiger partial charge in [-0.05, 0) is 25.8 Å². The molecule has 1 saturated heterocycles. The van der Waals surface area contributed by atoms with Crippen LogP contribution in [0, 0.1) is 0 Å². The molecule has 0 saturated carbocycles. The van der Waals surface area contributed by atoms with Crippen LogP contribution in [0.1, 0.15) is 51.7 Å². The summed E-state index contributed by atoms with van der Waals surface area (Å²) < 4.78 is 13.6. The van der Waals surface area contributed by atoms with Gasteiger partial charge in [0.05, 0.1) is 12.0 Å². The first-order valence-electron chi connectivity index (χ1n) is 10.1. The molecule has 0 aromatic carbocycles. The number of carbonyl (C=O) groups excluding carboxylic acids is 1. The minimum absolute atomic E-state index is 0.265. The third kappa shape index (κ3) is 4.58. The van der Waals surface area contributed by atoms with Gasteiger partial charge in [0.1, 0.15) is 41.9 Å². The van der Waals surface area contributed by atoms with Crippen LogP contribution in [0.2, 0.25) is 0 Å². The summed E-state index contributed by atoms with van der Waals surface area (Å²) in [5.74, 6) is 0.353. The van der Waals surface area contributed by atoms with Gasteiger partial charge in [-0.1, -0.05) is 19.3 Å². The van der Waals surface area contributed by atoms with Crippen molar-refractivity contribution in [2.75, 3.05) is 18.9 Å². The van der Waals surface area contributed by atoms with E-state index in [1.54, 1.807) is 23.8 Å². The first kappa shape index (κ1) is 21.6. The molecule has 2 aromatic rings. The molecule has 4 atom stereocenters. The number of nitrogens with two attached hydrogens (primary N) is 1. The van der Waals surface area contributed by atoms with Crippen LogP contribution in [-0.2, 0) is 14.3 Å². The Morgan fingerprint density at radius 3 is 2.83 bits per heavy atom. The Labute approximate surface area is 169 Å². The molecular weight excluding hydrogens is 376 g/mol. The van der Waals surface area contributed by atoms with Crippen LogP contribution in [0.15, 0.2) is 18.6 Å². The van der Waals surface area contributed by atoms with Crippen LogP contribution in [-0.4, -0.2) is 62.1 Å². The molecule has 0 spiro atoms. The third-order valence-corrected chi connectivity index (χ3v) is 5.45.